The Morgan fingerprint density at radius 1 is 1.18 bits per heavy atom. The average molecular weight is 382 g/mol. The van der Waals surface area contributed by atoms with Crippen LogP contribution in [0.15, 0.2) is 34.9 Å². The summed E-state index contributed by atoms with van der Waals surface area (Å²) in [6.07, 6.45) is 5.45. The number of hydrogen-bond acceptors (Lipinski definition) is 7. The number of aryl methyl sites for hydroxylation is 1. The number of piperidine rings is 1. The highest BCUT2D eigenvalue weighted by molar-refractivity contribution is 5.74. The fourth-order valence-corrected chi connectivity index (χ4v) is 3.56. The normalized spacial score (nSPS) is 15.1. The molecule has 7 heteroatoms. The number of benzene rings is 1. The van der Waals surface area contributed by atoms with E-state index in [1.165, 1.54) is 0 Å². The number of oxazole rings is 1. The third-order valence-corrected chi connectivity index (χ3v) is 5.12. The highest BCUT2D eigenvalue weighted by Gasteiger charge is 2.20. The number of hydrogen-bond donors (Lipinski definition) is 0. The minimum atomic E-state index is 0.305. The van der Waals surface area contributed by atoms with Gasteiger partial charge in [-0.3, -0.25) is 0 Å². The summed E-state index contributed by atoms with van der Waals surface area (Å²) in [4.78, 5) is 6.60. The fourth-order valence-electron chi connectivity index (χ4n) is 3.56. The molecule has 3 heterocycles. The van der Waals surface area contributed by atoms with Crippen molar-refractivity contribution < 1.29 is 13.9 Å². The molecule has 7 nitrogen and oxygen atoms in total. The Balaban J connectivity index is 1.25. The van der Waals surface area contributed by atoms with E-state index >= 15 is 0 Å². The molecule has 0 amide bonds. The van der Waals surface area contributed by atoms with Gasteiger partial charge < -0.3 is 18.8 Å². The lowest BCUT2D eigenvalue weighted by molar-refractivity contribution is 0.250. The first-order valence-electron chi connectivity index (χ1n) is 9.91. The second-order valence-electron chi connectivity index (χ2n) is 7.20. The second kappa shape index (κ2) is 8.46. The van der Waals surface area contributed by atoms with E-state index in [1.54, 1.807) is 6.20 Å². The van der Waals surface area contributed by atoms with Crippen molar-refractivity contribution in [3.63, 3.8) is 0 Å². The van der Waals surface area contributed by atoms with Crippen LogP contribution in [0.4, 0.5) is 5.82 Å². The van der Waals surface area contributed by atoms with Crippen molar-refractivity contribution >= 4 is 16.9 Å². The first kappa shape index (κ1) is 18.5. The van der Waals surface area contributed by atoms with Gasteiger partial charge in [-0.05, 0) is 62.8 Å². The Hall–Kier alpha value is -2.83. The number of ether oxygens (including phenoxy) is 2. The minimum absolute atomic E-state index is 0.305. The van der Waals surface area contributed by atoms with Crippen molar-refractivity contribution in [1.29, 1.82) is 0 Å². The van der Waals surface area contributed by atoms with Gasteiger partial charge in [0.25, 0.3) is 0 Å². The molecule has 0 atom stereocenters. The zero-order valence-electron chi connectivity index (χ0n) is 16.4. The quantitative estimate of drug-likeness (QED) is 0.611. The van der Waals surface area contributed by atoms with Crippen LogP contribution in [0.5, 0.6) is 11.8 Å². The highest BCUT2D eigenvalue weighted by Crippen LogP contribution is 2.27. The maximum Gasteiger partial charge on any atom is 0.394 e. The van der Waals surface area contributed by atoms with Crippen molar-refractivity contribution in [3.8, 4) is 11.8 Å². The van der Waals surface area contributed by atoms with Gasteiger partial charge in [-0.15, -0.1) is 5.10 Å². The zero-order valence-corrected chi connectivity index (χ0v) is 16.4. The Morgan fingerprint density at radius 3 is 2.82 bits per heavy atom. The number of anilines is 1. The van der Waals surface area contributed by atoms with E-state index < -0.39 is 0 Å². The van der Waals surface area contributed by atoms with Gasteiger partial charge in [0, 0.05) is 19.2 Å². The van der Waals surface area contributed by atoms with Gasteiger partial charge in [0.15, 0.2) is 11.4 Å². The lowest BCUT2D eigenvalue weighted by Crippen LogP contribution is -2.34. The van der Waals surface area contributed by atoms with Crippen molar-refractivity contribution in [2.45, 2.75) is 33.1 Å². The molecule has 0 radical (unpaired) electrons. The summed E-state index contributed by atoms with van der Waals surface area (Å²) < 4.78 is 16.8. The van der Waals surface area contributed by atoms with Crippen molar-refractivity contribution in [3.05, 3.63) is 36.0 Å². The standard InChI is InChI=1S/C21H26N4O3/c1-3-26-21-23-18-5-4-17(13-19(18)28-21)27-11-8-16-6-9-25(10-7-16)20-12-15(2)14-22-24-20/h4-5,12-14,16H,3,6-11H2,1-2H3. The predicted molar refractivity (Wildman–Crippen MR) is 107 cm³/mol. The van der Waals surface area contributed by atoms with Crippen LogP contribution in [0.25, 0.3) is 11.1 Å². The molecule has 4 rings (SSSR count). The van der Waals surface area contributed by atoms with Crippen molar-refractivity contribution in [2.75, 3.05) is 31.2 Å². The number of fused-ring (bicyclic) bond motifs is 1. The molecule has 0 N–H and O–H groups in total. The van der Waals surface area contributed by atoms with E-state index in [0.717, 1.165) is 55.0 Å². The lowest BCUT2D eigenvalue weighted by Gasteiger charge is -2.32. The third kappa shape index (κ3) is 4.35. The number of nitrogens with zero attached hydrogens (tertiary/aromatic N) is 4. The third-order valence-electron chi connectivity index (χ3n) is 5.12. The van der Waals surface area contributed by atoms with E-state index in [-0.39, 0.29) is 0 Å². The van der Waals surface area contributed by atoms with Crippen LogP contribution in [0.1, 0.15) is 31.7 Å². The molecule has 0 unspecified atom stereocenters. The first-order chi connectivity index (χ1) is 13.7. The summed E-state index contributed by atoms with van der Waals surface area (Å²) in [5, 5.41) is 8.32. The maximum atomic E-state index is 5.95. The molecule has 0 spiro atoms. The molecule has 3 aromatic rings. The SMILES string of the molecule is CCOc1nc2ccc(OCCC3CCN(c4cc(C)cnn4)CC3)cc2o1. The van der Waals surface area contributed by atoms with Crippen LogP contribution in [0.3, 0.4) is 0 Å². The van der Waals surface area contributed by atoms with Crippen molar-refractivity contribution in [1.82, 2.24) is 15.2 Å². The van der Waals surface area contributed by atoms with E-state index in [2.05, 4.69) is 33.1 Å². The molecular weight excluding hydrogens is 356 g/mol. The Kier molecular flexibility index (Phi) is 5.60. The molecule has 1 fully saturated rings. The van der Waals surface area contributed by atoms with Crippen LogP contribution < -0.4 is 14.4 Å². The van der Waals surface area contributed by atoms with Crippen LogP contribution in [-0.4, -0.2) is 41.5 Å². The van der Waals surface area contributed by atoms with E-state index in [1.807, 2.05) is 25.1 Å². The smallest absolute Gasteiger partial charge is 0.394 e. The zero-order chi connectivity index (χ0) is 19.3. The summed E-state index contributed by atoms with van der Waals surface area (Å²) >= 11 is 0. The second-order valence-corrected chi connectivity index (χ2v) is 7.20. The minimum Gasteiger partial charge on any atom is -0.493 e. The van der Waals surface area contributed by atoms with Gasteiger partial charge in [0.1, 0.15) is 11.3 Å². The fraction of sp³-hybridized carbons (Fsp3) is 0.476. The van der Waals surface area contributed by atoms with Crippen LogP contribution in [0, 0.1) is 12.8 Å². The van der Waals surface area contributed by atoms with Gasteiger partial charge in [0.05, 0.1) is 19.4 Å². The lowest BCUT2D eigenvalue weighted by atomic mass is 9.94. The van der Waals surface area contributed by atoms with E-state index in [9.17, 15) is 0 Å². The van der Waals surface area contributed by atoms with Gasteiger partial charge in [0.2, 0.25) is 0 Å². The molecule has 0 aliphatic carbocycles. The predicted octanol–water partition coefficient (Wildman–Crippen LogP) is 4.01. The van der Waals surface area contributed by atoms with Gasteiger partial charge >= 0.3 is 6.08 Å². The van der Waals surface area contributed by atoms with Crippen molar-refractivity contribution in [2.24, 2.45) is 5.92 Å². The van der Waals surface area contributed by atoms with Crippen LogP contribution in [0.2, 0.25) is 0 Å². The Bertz CT molecular complexity index is 919. The monoisotopic (exact) mass is 382 g/mol. The topological polar surface area (TPSA) is 73.5 Å². The van der Waals surface area contributed by atoms with Gasteiger partial charge in [-0.1, -0.05) is 0 Å². The van der Waals surface area contributed by atoms with E-state index in [4.69, 9.17) is 13.9 Å². The molecule has 1 aliphatic rings. The van der Waals surface area contributed by atoms with Gasteiger partial charge in [-0.2, -0.15) is 10.1 Å². The molecule has 28 heavy (non-hydrogen) atoms. The number of aromatic nitrogens is 3. The summed E-state index contributed by atoms with van der Waals surface area (Å²) in [6.45, 7) is 7.23. The highest BCUT2D eigenvalue weighted by atomic mass is 16.6. The summed E-state index contributed by atoms with van der Waals surface area (Å²) in [5.41, 5.74) is 2.62. The molecule has 1 aromatic carbocycles. The molecule has 1 aliphatic heterocycles. The molecule has 2 aromatic heterocycles. The molecule has 0 bridgehead atoms. The summed E-state index contributed by atoms with van der Waals surface area (Å²) in [6, 6.07) is 7.81. The first-order valence-corrected chi connectivity index (χ1v) is 9.91. The Labute approximate surface area is 164 Å². The Morgan fingerprint density at radius 2 is 2.04 bits per heavy atom. The molecular formula is C21H26N4O3. The maximum absolute atomic E-state index is 5.95. The number of rotatable bonds is 7. The van der Waals surface area contributed by atoms with Crippen LogP contribution >= 0.6 is 0 Å². The van der Waals surface area contributed by atoms with E-state index in [0.29, 0.717) is 30.8 Å². The van der Waals surface area contributed by atoms with Crippen LogP contribution in [-0.2, 0) is 0 Å². The summed E-state index contributed by atoms with van der Waals surface area (Å²) in [7, 11) is 0. The average Bonchev–Trinajstić information content (AvgIpc) is 3.10. The largest absolute Gasteiger partial charge is 0.493 e. The molecule has 0 saturated carbocycles. The summed E-state index contributed by atoms with van der Waals surface area (Å²) in [5.74, 6) is 2.47. The van der Waals surface area contributed by atoms with Gasteiger partial charge in [-0.25, -0.2) is 0 Å². The molecule has 1 saturated heterocycles. The molecule has 148 valence electrons.